The zero-order valence-electron chi connectivity index (χ0n) is 12.6. The molecule has 1 saturated heterocycles. The fraction of sp³-hybridized carbons (Fsp3) is 0.833. The van der Waals surface area contributed by atoms with Crippen LogP contribution in [-0.4, -0.2) is 29.2 Å². The molecule has 0 spiro atoms. The first-order valence-corrected chi connectivity index (χ1v) is 8.67. The van der Waals surface area contributed by atoms with Gasteiger partial charge in [-0.2, -0.15) is 0 Å². The summed E-state index contributed by atoms with van der Waals surface area (Å²) >= 11 is 0. The quantitative estimate of drug-likeness (QED) is 0.697. The summed E-state index contributed by atoms with van der Waals surface area (Å²) in [6, 6.07) is 0. The number of carbonyl (C=O) groups excluding carboxylic acids is 1. The van der Waals surface area contributed by atoms with Crippen LogP contribution in [0.3, 0.4) is 0 Å². The lowest BCUT2D eigenvalue weighted by Crippen LogP contribution is -2.50. The van der Waals surface area contributed by atoms with Gasteiger partial charge in [0, 0.05) is 6.42 Å². The van der Waals surface area contributed by atoms with Gasteiger partial charge in [-0.25, -0.2) is 0 Å². The van der Waals surface area contributed by atoms with E-state index >= 15 is 0 Å². The van der Waals surface area contributed by atoms with E-state index in [9.17, 15) is 9.90 Å². The molecule has 0 aromatic rings. The second-order valence-electron chi connectivity index (χ2n) is 8.26. The lowest BCUT2D eigenvalue weighted by molar-refractivity contribution is -0.116. The van der Waals surface area contributed by atoms with Crippen molar-refractivity contribution in [3.8, 4) is 0 Å². The summed E-state index contributed by atoms with van der Waals surface area (Å²) in [5.74, 6) is 2.82. The number of ether oxygens (including phenoxy) is 1. The summed E-state index contributed by atoms with van der Waals surface area (Å²) in [5.41, 5.74) is 1.43. The number of rotatable bonds is 0. The van der Waals surface area contributed by atoms with E-state index in [0.717, 1.165) is 32.1 Å². The third-order valence-electron chi connectivity index (χ3n) is 7.54. The summed E-state index contributed by atoms with van der Waals surface area (Å²) in [4.78, 5) is 11.8. The summed E-state index contributed by atoms with van der Waals surface area (Å²) < 4.78 is 6.05. The molecule has 3 saturated carbocycles. The zero-order chi connectivity index (χ0) is 14.4. The smallest absolute Gasteiger partial charge is 0.155 e. The molecule has 4 unspecified atom stereocenters. The van der Waals surface area contributed by atoms with Crippen LogP contribution in [0.4, 0.5) is 0 Å². The Bertz CT molecular complexity index is 539. The predicted molar refractivity (Wildman–Crippen MR) is 77.5 cm³/mol. The molecular weight excluding hydrogens is 264 g/mol. The Morgan fingerprint density at radius 1 is 1.29 bits per heavy atom. The molecule has 114 valence electrons. The third-order valence-corrected chi connectivity index (χ3v) is 7.54. The highest BCUT2D eigenvalue weighted by Crippen LogP contribution is 2.65. The first-order valence-electron chi connectivity index (χ1n) is 8.67. The lowest BCUT2D eigenvalue weighted by atomic mass is 9.52. The molecule has 8 atom stereocenters. The molecule has 4 aliphatic carbocycles. The predicted octanol–water partition coefficient (Wildman–Crippen LogP) is 2.48. The molecule has 1 N–H and O–H groups in total. The molecule has 21 heavy (non-hydrogen) atoms. The number of carbonyl (C=O) groups is 1. The average molecular weight is 288 g/mol. The summed E-state index contributed by atoms with van der Waals surface area (Å²) in [5, 5.41) is 10.4. The Hall–Kier alpha value is -0.670. The number of fused-ring (bicyclic) bond motifs is 8. The van der Waals surface area contributed by atoms with Crippen LogP contribution in [0, 0.1) is 29.1 Å². The van der Waals surface area contributed by atoms with Crippen LogP contribution in [0.15, 0.2) is 11.6 Å². The van der Waals surface area contributed by atoms with Crippen molar-refractivity contribution in [3.05, 3.63) is 11.6 Å². The van der Waals surface area contributed by atoms with Crippen molar-refractivity contribution in [2.45, 2.75) is 63.8 Å². The second kappa shape index (κ2) is 3.99. The Morgan fingerprint density at radius 3 is 3.00 bits per heavy atom. The number of epoxide rings is 1. The Kier molecular flexibility index (Phi) is 2.44. The zero-order valence-corrected chi connectivity index (χ0v) is 12.6. The lowest BCUT2D eigenvalue weighted by Gasteiger charge is -2.51. The third kappa shape index (κ3) is 1.54. The molecular formula is C18H24O3. The summed E-state index contributed by atoms with van der Waals surface area (Å²) in [7, 11) is 0. The highest BCUT2D eigenvalue weighted by Gasteiger charge is 2.65. The van der Waals surface area contributed by atoms with Crippen LogP contribution < -0.4 is 0 Å². The van der Waals surface area contributed by atoms with Gasteiger partial charge < -0.3 is 9.84 Å². The van der Waals surface area contributed by atoms with Crippen molar-refractivity contribution in [1.29, 1.82) is 0 Å². The van der Waals surface area contributed by atoms with E-state index in [1.54, 1.807) is 0 Å². The number of hydrogen-bond acceptors (Lipinski definition) is 3. The molecule has 3 nitrogen and oxygen atoms in total. The van der Waals surface area contributed by atoms with Crippen LogP contribution >= 0.6 is 0 Å². The molecule has 3 heteroatoms. The molecule has 1 aliphatic heterocycles. The van der Waals surface area contributed by atoms with Crippen molar-refractivity contribution >= 4 is 5.78 Å². The van der Waals surface area contributed by atoms with Crippen molar-refractivity contribution in [1.82, 2.24) is 0 Å². The summed E-state index contributed by atoms with van der Waals surface area (Å²) in [6.45, 7) is 2.30. The van der Waals surface area contributed by atoms with Gasteiger partial charge >= 0.3 is 0 Å². The number of ketones is 1. The van der Waals surface area contributed by atoms with Crippen LogP contribution in [0.1, 0.15) is 45.4 Å². The van der Waals surface area contributed by atoms with Crippen LogP contribution in [-0.2, 0) is 9.53 Å². The first kappa shape index (κ1) is 12.8. The van der Waals surface area contributed by atoms with Gasteiger partial charge in [0.25, 0.3) is 0 Å². The van der Waals surface area contributed by atoms with Gasteiger partial charge in [0.2, 0.25) is 0 Å². The van der Waals surface area contributed by atoms with Crippen molar-refractivity contribution in [3.63, 3.8) is 0 Å². The van der Waals surface area contributed by atoms with Gasteiger partial charge in [0.15, 0.2) is 5.78 Å². The van der Waals surface area contributed by atoms with Gasteiger partial charge in [-0.1, -0.05) is 6.92 Å². The Balaban J connectivity index is 1.53. The molecule has 0 bridgehead atoms. The maximum absolute atomic E-state index is 11.8. The summed E-state index contributed by atoms with van der Waals surface area (Å²) in [6.07, 6.45) is 8.61. The molecule has 5 rings (SSSR count). The van der Waals surface area contributed by atoms with Crippen LogP contribution in [0.25, 0.3) is 0 Å². The minimum atomic E-state index is -0.120. The number of aliphatic hydroxyl groups excluding tert-OH is 1. The van der Waals surface area contributed by atoms with Gasteiger partial charge in [-0.05, 0) is 72.8 Å². The normalized spacial score (nSPS) is 57.7. The number of hydrogen-bond donors (Lipinski definition) is 1. The maximum Gasteiger partial charge on any atom is 0.155 e. The fourth-order valence-electron chi connectivity index (χ4n) is 6.41. The molecule has 1 heterocycles. The standard InChI is InChI=1S/C18H24O3/c1-18-7-6-11-10-3-2-9(19)8-12(10)16-17(21-16)15(11)13(18)4-5-14(18)20/h8,10-11,13-17,20H,2-7H2,1H3/t10-,11?,13?,14?,15?,16+,17-,18+/m1/s1. The van der Waals surface area contributed by atoms with Crippen LogP contribution in [0.5, 0.6) is 0 Å². The SMILES string of the molecule is C[C@]12CCC3C(C1CCC2O)[C@H]1O[C@H]1C1=CC(=O)CC[C@@H]13. The Labute approximate surface area is 125 Å². The first-order chi connectivity index (χ1) is 10.1. The van der Waals surface area contributed by atoms with E-state index in [0.29, 0.717) is 35.6 Å². The van der Waals surface area contributed by atoms with Gasteiger partial charge in [0.1, 0.15) is 6.10 Å². The van der Waals surface area contributed by atoms with E-state index in [4.69, 9.17) is 4.74 Å². The van der Waals surface area contributed by atoms with E-state index < -0.39 is 0 Å². The van der Waals surface area contributed by atoms with Crippen molar-refractivity contribution < 1.29 is 14.6 Å². The van der Waals surface area contributed by atoms with E-state index in [1.165, 1.54) is 12.0 Å². The highest BCUT2D eigenvalue weighted by atomic mass is 16.6. The van der Waals surface area contributed by atoms with Crippen molar-refractivity contribution in [2.75, 3.05) is 0 Å². The molecule has 4 fully saturated rings. The van der Waals surface area contributed by atoms with Crippen molar-refractivity contribution in [2.24, 2.45) is 29.1 Å². The van der Waals surface area contributed by atoms with E-state index in [-0.39, 0.29) is 17.6 Å². The monoisotopic (exact) mass is 288 g/mol. The van der Waals surface area contributed by atoms with Gasteiger partial charge in [0.05, 0.1) is 12.2 Å². The minimum Gasteiger partial charge on any atom is -0.393 e. The minimum absolute atomic E-state index is 0.114. The van der Waals surface area contributed by atoms with Crippen LogP contribution in [0.2, 0.25) is 0 Å². The van der Waals surface area contributed by atoms with Gasteiger partial charge in [-0.15, -0.1) is 0 Å². The van der Waals surface area contributed by atoms with E-state index in [1.807, 2.05) is 6.08 Å². The molecule has 0 radical (unpaired) electrons. The molecule has 5 aliphatic rings. The topological polar surface area (TPSA) is 49.8 Å². The van der Waals surface area contributed by atoms with E-state index in [2.05, 4.69) is 6.92 Å². The number of aliphatic hydroxyl groups is 1. The largest absolute Gasteiger partial charge is 0.393 e. The molecule has 0 aromatic heterocycles. The second-order valence-corrected chi connectivity index (χ2v) is 8.26. The Morgan fingerprint density at radius 2 is 2.14 bits per heavy atom. The molecule has 0 aromatic carbocycles. The average Bonchev–Trinajstić information content (AvgIpc) is 3.20. The highest BCUT2D eigenvalue weighted by molar-refractivity contribution is 5.91. The molecule has 0 amide bonds. The maximum atomic E-state index is 11.8. The van der Waals surface area contributed by atoms with Gasteiger partial charge in [-0.3, -0.25) is 4.79 Å². The fourth-order valence-corrected chi connectivity index (χ4v) is 6.41.